The van der Waals surface area contributed by atoms with Crippen molar-refractivity contribution in [2.75, 3.05) is 10.8 Å². The van der Waals surface area contributed by atoms with Gasteiger partial charge in [0.15, 0.2) is 0 Å². The van der Waals surface area contributed by atoms with Gasteiger partial charge in [-0.05, 0) is 31.2 Å². The van der Waals surface area contributed by atoms with Crippen molar-refractivity contribution in [1.82, 2.24) is 9.97 Å². The lowest BCUT2D eigenvalue weighted by Crippen LogP contribution is -2.30. The molecule has 2 aromatic heterocycles. The highest BCUT2D eigenvalue weighted by Gasteiger charge is 2.23. The Balaban J connectivity index is 2.41. The lowest BCUT2D eigenvalue weighted by atomic mass is 10.4. The molecule has 2 rings (SSSR count). The molecular weight excluding hydrogens is 276 g/mol. The van der Waals surface area contributed by atoms with Crippen molar-refractivity contribution < 1.29 is 8.42 Å². The predicted molar refractivity (Wildman–Crippen MR) is 76.6 cm³/mol. The summed E-state index contributed by atoms with van der Waals surface area (Å²) in [5, 5.41) is 0. The predicted octanol–water partition coefficient (Wildman–Crippen LogP) is 1.15. The Labute approximate surface area is 118 Å². The monoisotopic (exact) mass is 292 g/mol. The minimum absolute atomic E-state index is 0.147. The molecule has 0 saturated heterocycles. The first-order valence-corrected chi connectivity index (χ1v) is 7.61. The first-order chi connectivity index (χ1) is 9.59. The third-order valence-electron chi connectivity index (χ3n) is 2.83. The lowest BCUT2D eigenvalue weighted by molar-refractivity contribution is 0.591. The number of hydrogen-bond acceptors (Lipinski definition) is 5. The van der Waals surface area contributed by atoms with Gasteiger partial charge >= 0.3 is 0 Å². The van der Waals surface area contributed by atoms with Crippen molar-refractivity contribution in [2.24, 2.45) is 5.73 Å². The van der Waals surface area contributed by atoms with Crippen molar-refractivity contribution in [1.29, 1.82) is 0 Å². The molecule has 0 amide bonds. The number of pyridine rings is 2. The van der Waals surface area contributed by atoms with Gasteiger partial charge in [0.2, 0.25) is 0 Å². The zero-order valence-corrected chi connectivity index (χ0v) is 11.9. The zero-order valence-electron chi connectivity index (χ0n) is 11.1. The number of anilines is 1. The third kappa shape index (κ3) is 2.78. The molecular formula is C13H16N4O2S. The van der Waals surface area contributed by atoms with E-state index in [9.17, 15) is 8.42 Å². The summed E-state index contributed by atoms with van der Waals surface area (Å²) in [5.74, 6) is 0. The Morgan fingerprint density at radius 1 is 1.20 bits per heavy atom. The van der Waals surface area contributed by atoms with Gasteiger partial charge < -0.3 is 5.73 Å². The second-order valence-electron chi connectivity index (χ2n) is 4.06. The quantitative estimate of drug-likeness (QED) is 0.893. The smallest absolute Gasteiger partial charge is 0.265 e. The summed E-state index contributed by atoms with van der Waals surface area (Å²) in [7, 11) is -3.63. The molecule has 7 heteroatoms. The average Bonchev–Trinajstić information content (AvgIpc) is 2.49. The molecule has 6 nitrogen and oxygen atoms in total. The summed E-state index contributed by atoms with van der Waals surface area (Å²) in [6.07, 6.45) is 4.45. The molecule has 0 aliphatic rings. The van der Waals surface area contributed by atoms with Crippen molar-refractivity contribution in [2.45, 2.75) is 18.4 Å². The SMILES string of the molecule is CCN(c1ccncc1)S(=O)(=O)c1ccc(CN)nc1. The van der Waals surface area contributed by atoms with Gasteiger partial charge in [0.05, 0.1) is 11.4 Å². The highest BCUT2D eigenvalue weighted by molar-refractivity contribution is 7.92. The molecule has 2 aromatic rings. The van der Waals surface area contributed by atoms with Crippen molar-refractivity contribution in [3.8, 4) is 0 Å². The van der Waals surface area contributed by atoms with Crippen LogP contribution in [0, 0.1) is 0 Å². The Morgan fingerprint density at radius 2 is 1.90 bits per heavy atom. The van der Waals surface area contributed by atoms with Crippen LogP contribution in [0.2, 0.25) is 0 Å². The molecule has 0 spiro atoms. The maximum absolute atomic E-state index is 12.6. The second kappa shape index (κ2) is 5.98. The summed E-state index contributed by atoms with van der Waals surface area (Å²) in [5.41, 5.74) is 6.68. The topological polar surface area (TPSA) is 89.2 Å². The molecule has 2 N–H and O–H groups in total. The molecule has 2 heterocycles. The van der Waals surface area contributed by atoms with E-state index in [4.69, 9.17) is 5.73 Å². The van der Waals surface area contributed by atoms with E-state index < -0.39 is 10.0 Å². The molecule has 20 heavy (non-hydrogen) atoms. The van der Waals surface area contributed by atoms with Gasteiger partial charge in [0, 0.05) is 31.7 Å². The van der Waals surface area contributed by atoms with Crippen LogP contribution in [0.15, 0.2) is 47.8 Å². The molecule has 0 atom stereocenters. The number of aromatic nitrogens is 2. The molecule has 0 saturated carbocycles. The Kier molecular flexibility index (Phi) is 4.31. The van der Waals surface area contributed by atoms with Gasteiger partial charge in [-0.25, -0.2) is 8.42 Å². The van der Waals surface area contributed by atoms with Gasteiger partial charge in [-0.3, -0.25) is 14.3 Å². The number of hydrogen-bond donors (Lipinski definition) is 1. The van der Waals surface area contributed by atoms with Crippen LogP contribution >= 0.6 is 0 Å². The molecule has 0 fully saturated rings. The molecule has 0 aliphatic carbocycles. The number of nitrogens with zero attached hydrogens (tertiary/aromatic N) is 3. The van der Waals surface area contributed by atoms with Gasteiger partial charge in [0.1, 0.15) is 4.90 Å². The van der Waals surface area contributed by atoms with E-state index >= 15 is 0 Å². The molecule has 0 radical (unpaired) electrons. The average molecular weight is 292 g/mol. The standard InChI is InChI=1S/C13H16N4O2S/c1-2-17(12-5-7-15-8-6-12)20(18,19)13-4-3-11(9-14)16-10-13/h3-8,10H,2,9,14H2,1H3. The van der Waals surface area contributed by atoms with Crippen LogP contribution in [-0.4, -0.2) is 24.9 Å². The van der Waals surface area contributed by atoms with E-state index in [1.165, 1.54) is 16.6 Å². The highest BCUT2D eigenvalue weighted by atomic mass is 32.2. The Bertz CT molecular complexity index is 657. The van der Waals surface area contributed by atoms with Gasteiger partial charge in [-0.15, -0.1) is 0 Å². The Morgan fingerprint density at radius 3 is 2.40 bits per heavy atom. The fourth-order valence-electron chi connectivity index (χ4n) is 1.81. The summed E-state index contributed by atoms with van der Waals surface area (Å²) in [6, 6.07) is 6.45. The van der Waals surface area contributed by atoms with Crippen LogP contribution in [0.25, 0.3) is 0 Å². The van der Waals surface area contributed by atoms with E-state index in [2.05, 4.69) is 9.97 Å². The third-order valence-corrected chi connectivity index (χ3v) is 4.72. The number of nitrogens with two attached hydrogens (primary N) is 1. The molecule has 0 aliphatic heterocycles. The number of sulfonamides is 1. The highest BCUT2D eigenvalue weighted by Crippen LogP contribution is 2.22. The first-order valence-electron chi connectivity index (χ1n) is 6.17. The van der Waals surface area contributed by atoms with Crippen LogP contribution in [0.3, 0.4) is 0 Å². The van der Waals surface area contributed by atoms with Gasteiger partial charge in [0.25, 0.3) is 10.0 Å². The Hall–Kier alpha value is -1.99. The van der Waals surface area contributed by atoms with Crippen LogP contribution in [0.5, 0.6) is 0 Å². The van der Waals surface area contributed by atoms with E-state index in [-0.39, 0.29) is 11.4 Å². The van der Waals surface area contributed by atoms with Crippen molar-refractivity contribution in [3.63, 3.8) is 0 Å². The lowest BCUT2D eigenvalue weighted by Gasteiger charge is -2.22. The molecule has 0 unspecified atom stereocenters. The second-order valence-corrected chi connectivity index (χ2v) is 5.93. The minimum Gasteiger partial charge on any atom is -0.325 e. The normalized spacial score (nSPS) is 11.3. The molecule has 0 bridgehead atoms. The van der Waals surface area contributed by atoms with E-state index in [1.54, 1.807) is 37.5 Å². The van der Waals surface area contributed by atoms with Crippen molar-refractivity contribution in [3.05, 3.63) is 48.5 Å². The molecule has 0 aromatic carbocycles. The van der Waals surface area contributed by atoms with Gasteiger partial charge in [-0.2, -0.15) is 0 Å². The van der Waals surface area contributed by atoms with Crippen molar-refractivity contribution >= 4 is 15.7 Å². The largest absolute Gasteiger partial charge is 0.325 e. The van der Waals surface area contributed by atoms with E-state index in [0.29, 0.717) is 17.9 Å². The maximum atomic E-state index is 12.6. The maximum Gasteiger partial charge on any atom is 0.265 e. The van der Waals surface area contributed by atoms with E-state index in [0.717, 1.165) is 0 Å². The summed E-state index contributed by atoms with van der Waals surface area (Å²) in [4.78, 5) is 8.07. The number of rotatable bonds is 5. The summed E-state index contributed by atoms with van der Waals surface area (Å²) in [6.45, 7) is 2.38. The van der Waals surface area contributed by atoms with Crippen LogP contribution in [0.1, 0.15) is 12.6 Å². The van der Waals surface area contributed by atoms with Crippen LogP contribution in [-0.2, 0) is 16.6 Å². The summed E-state index contributed by atoms with van der Waals surface area (Å²) >= 11 is 0. The van der Waals surface area contributed by atoms with Gasteiger partial charge in [-0.1, -0.05) is 0 Å². The summed E-state index contributed by atoms with van der Waals surface area (Å²) < 4.78 is 26.5. The fourth-order valence-corrected chi connectivity index (χ4v) is 3.23. The van der Waals surface area contributed by atoms with Crippen LogP contribution in [0.4, 0.5) is 5.69 Å². The minimum atomic E-state index is -3.63. The van der Waals surface area contributed by atoms with Crippen LogP contribution < -0.4 is 10.0 Å². The molecule has 106 valence electrons. The zero-order chi connectivity index (χ0) is 14.6. The fraction of sp³-hybridized carbons (Fsp3) is 0.231. The first kappa shape index (κ1) is 14.4. The van der Waals surface area contributed by atoms with E-state index in [1.807, 2.05) is 0 Å².